The van der Waals surface area contributed by atoms with E-state index in [4.69, 9.17) is 4.74 Å². The highest BCUT2D eigenvalue weighted by Crippen LogP contribution is 2.32. The van der Waals surface area contributed by atoms with E-state index in [0.717, 1.165) is 31.3 Å². The summed E-state index contributed by atoms with van der Waals surface area (Å²) in [6.45, 7) is 9.84. The number of hydrogen-bond donors (Lipinski definition) is 1. The number of benzene rings is 1. The molecule has 0 spiro atoms. The van der Waals surface area contributed by atoms with Crippen molar-refractivity contribution in [3.05, 3.63) is 23.8 Å². The van der Waals surface area contributed by atoms with Crippen molar-refractivity contribution in [2.24, 2.45) is 5.92 Å². The molecule has 1 heterocycles. The molecule has 20 heavy (non-hydrogen) atoms. The third kappa shape index (κ3) is 3.89. The van der Waals surface area contributed by atoms with Gasteiger partial charge in [0.05, 0.1) is 12.8 Å². The van der Waals surface area contributed by atoms with Gasteiger partial charge in [-0.1, -0.05) is 26.8 Å². The number of hydrogen-bond acceptors (Lipinski definition) is 3. The molecule has 1 aliphatic heterocycles. The number of rotatable bonds is 5. The van der Waals surface area contributed by atoms with Crippen molar-refractivity contribution in [1.29, 1.82) is 0 Å². The van der Waals surface area contributed by atoms with Crippen LogP contribution in [0.4, 0.5) is 5.69 Å². The minimum absolute atomic E-state index is 0.503. The molecule has 1 N–H and O–H groups in total. The Hall–Kier alpha value is -1.22. The molecule has 0 amide bonds. The van der Waals surface area contributed by atoms with Gasteiger partial charge in [0.15, 0.2) is 0 Å². The number of piperidine rings is 1. The Balaban J connectivity index is 2.12. The molecular weight excluding hydrogens is 248 g/mol. The summed E-state index contributed by atoms with van der Waals surface area (Å²) < 4.78 is 5.61. The molecule has 1 aromatic rings. The molecule has 1 aromatic carbocycles. The van der Waals surface area contributed by atoms with E-state index in [0.29, 0.717) is 6.04 Å². The fourth-order valence-electron chi connectivity index (χ4n) is 2.82. The van der Waals surface area contributed by atoms with Crippen LogP contribution in [0.5, 0.6) is 5.75 Å². The minimum Gasteiger partial charge on any atom is -0.495 e. The summed E-state index contributed by atoms with van der Waals surface area (Å²) >= 11 is 0. The summed E-state index contributed by atoms with van der Waals surface area (Å²) in [6.07, 6.45) is 2.62. The van der Waals surface area contributed by atoms with E-state index in [2.05, 4.69) is 49.2 Å². The molecule has 3 heteroatoms. The number of methoxy groups -OCH3 is 1. The van der Waals surface area contributed by atoms with Gasteiger partial charge in [0.2, 0.25) is 0 Å². The van der Waals surface area contributed by atoms with Crippen molar-refractivity contribution >= 4 is 5.69 Å². The normalized spacial score (nSPS) is 19.4. The number of nitrogens with one attached hydrogen (secondary N) is 1. The molecule has 3 nitrogen and oxygen atoms in total. The standard InChI is InChI=1S/C17H28N2O/c1-13(2)18-11-15-7-8-16(17(10-15)20-4)19-9-5-6-14(3)12-19/h7-8,10,13-14,18H,5-6,9,11-12H2,1-4H3. The summed E-state index contributed by atoms with van der Waals surface area (Å²) in [5.74, 6) is 1.78. The Labute approximate surface area is 123 Å². The van der Waals surface area contributed by atoms with Gasteiger partial charge in [0.1, 0.15) is 5.75 Å². The molecule has 1 fully saturated rings. The predicted octanol–water partition coefficient (Wildman–Crippen LogP) is 3.43. The summed E-state index contributed by atoms with van der Waals surface area (Å²) in [6, 6.07) is 7.11. The van der Waals surface area contributed by atoms with Crippen LogP contribution >= 0.6 is 0 Å². The Morgan fingerprint density at radius 3 is 2.85 bits per heavy atom. The minimum atomic E-state index is 0.503. The van der Waals surface area contributed by atoms with Crippen molar-refractivity contribution in [2.75, 3.05) is 25.1 Å². The third-order valence-electron chi connectivity index (χ3n) is 3.96. The summed E-state index contributed by atoms with van der Waals surface area (Å²) in [7, 11) is 1.77. The van der Waals surface area contributed by atoms with E-state index in [1.54, 1.807) is 7.11 Å². The predicted molar refractivity (Wildman–Crippen MR) is 85.6 cm³/mol. The SMILES string of the molecule is COc1cc(CNC(C)C)ccc1N1CCCC(C)C1. The monoisotopic (exact) mass is 276 g/mol. The molecule has 1 unspecified atom stereocenters. The molecule has 0 bridgehead atoms. The second-order valence-corrected chi connectivity index (χ2v) is 6.24. The number of anilines is 1. The van der Waals surface area contributed by atoms with Gasteiger partial charge >= 0.3 is 0 Å². The second-order valence-electron chi connectivity index (χ2n) is 6.24. The highest BCUT2D eigenvalue weighted by atomic mass is 16.5. The van der Waals surface area contributed by atoms with Crippen molar-refractivity contribution in [2.45, 2.75) is 46.2 Å². The van der Waals surface area contributed by atoms with Gasteiger partial charge in [-0.05, 0) is 36.5 Å². The lowest BCUT2D eigenvalue weighted by molar-refractivity contribution is 0.404. The lowest BCUT2D eigenvalue weighted by Crippen LogP contribution is -2.34. The third-order valence-corrected chi connectivity index (χ3v) is 3.96. The zero-order chi connectivity index (χ0) is 14.5. The highest BCUT2D eigenvalue weighted by molar-refractivity contribution is 5.60. The first kappa shape index (κ1) is 15.2. The molecule has 112 valence electrons. The Morgan fingerprint density at radius 2 is 2.20 bits per heavy atom. The van der Waals surface area contributed by atoms with E-state index in [1.807, 2.05) is 0 Å². The second kappa shape index (κ2) is 6.98. The van der Waals surface area contributed by atoms with Crippen LogP contribution in [0, 0.1) is 5.92 Å². The van der Waals surface area contributed by atoms with Gasteiger partial charge < -0.3 is 15.0 Å². The molecular formula is C17H28N2O. The molecule has 0 radical (unpaired) electrons. The maximum Gasteiger partial charge on any atom is 0.142 e. The van der Waals surface area contributed by atoms with Gasteiger partial charge in [-0.3, -0.25) is 0 Å². The van der Waals surface area contributed by atoms with E-state index >= 15 is 0 Å². The quantitative estimate of drug-likeness (QED) is 0.891. The first-order valence-electron chi connectivity index (χ1n) is 7.75. The summed E-state index contributed by atoms with van der Waals surface area (Å²) in [5, 5.41) is 3.45. The van der Waals surface area contributed by atoms with Gasteiger partial charge in [0.25, 0.3) is 0 Å². The van der Waals surface area contributed by atoms with Crippen LogP contribution in [0.25, 0.3) is 0 Å². The van der Waals surface area contributed by atoms with Crippen LogP contribution in [0.15, 0.2) is 18.2 Å². The van der Waals surface area contributed by atoms with Crippen LogP contribution in [-0.4, -0.2) is 26.2 Å². The molecule has 1 aliphatic rings. The van der Waals surface area contributed by atoms with Gasteiger partial charge in [-0.2, -0.15) is 0 Å². The van der Waals surface area contributed by atoms with Gasteiger partial charge in [-0.15, -0.1) is 0 Å². The molecule has 0 saturated carbocycles. The van der Waals surface area contributed by atoms with Crippen LogP contribution in [0.3, 0.4) is 0 Å². The lowest BCUT2D eigenvalue weighted by atomic mass is 9.99. The Bertz CT molecular complexity index is 431. The van der Waals surface area contributed by atoms with Crippen molar-refractivity contribution in [3.8, 4) is 5.75 Å². The molecule has 2 rings (SSSR count). The molecule has 1 atom stereocenters. The van der Waals surface area contributed by atoms with Gasteiger partial charge in [-0.25, -0.2) is 0 Å². The summed E-state index contributed by atoms with van der Waals surface area (Å²) in [4.78, 5) is 2.46. The maximum absolute atomic E-state index is 5.61. The fraction of sp³-hybridized carbons (Fsp3) is 0.647. The van der Waals surface area contributed by atoms with Crippen molar-refractivity contribution in [3.63, 3.8) is 0 Å². The van der Waals surface area contributed by atoms with E-state index in [1.165, 1.54) is 24.1 Å². The fourth-order valence-corrected chi connectivity index (χ4v) is 2.82. The smallest absolute Gasteiger partial charge is 0.142 e. The summed E-state index contributed by atoms with van der Waals surface area (Å²) in [5.41, 5.74) is 2.52. The zero-order valence-electron chi connectivity index (χ0n) is 13.3. The van der Waals surface area contributed by atoms with Crippen LogP contribution in [0.2, 0.25) is 0 Å². The number of ether oxygens (including phenoxy) is 1. The van der Waals surface area contributed by atoms with Crippen molar-refractivity contribution in [1.82, 2.24) is 5.32 Å². The van der Waals surface area contributed by atoms with Crippen LogP contribution < -0.4 is 15.0 Å². The molecule has 0 aliphatic carbocycles. The average molecular weight is 276 g/mol. The topological polar surface area (TPSA) is 24.5 Å². The zero-order valence-corrected chi connectivity index (χ0v) is 13.3. The van der Waals surface area contributed by atoms with Crippen LogP contribution in [-0.2, 0) is 6.54 Å². The largest absolute Gasteiger partial charge is 0.495 e. The van der Waals surface area contributed by atoms with E-state index in [-0.39, 0.29) is 0 Å². The van der Waals surface area contributed by atoms with Crippen LogP contribution in [0.1, 0.15) is 39.2 Å². The van der Waals surface area contributed by atoms with Crippen molar-refractivity contribution < 1.29 is 4.74 Å². The number of nitrogens with zero attached hydrogens (tertiary/aromatic N) is 1. The first-order valence-corrected chi connectivity index (χ1v) is 7.75. The lowest BCUT2D eigenvalue weighted by Gasteiger charge is -2.33. The molecule has 0 aromatic heterocycles. The first-order chi connectivity index (χ1) is 9.60. The average Bonchev–Trinajstić information content (AvgIpc) is 2.44. The van der Waals surface area contributed by atoms with E-state index < -0.39 is 0 Å². The Kier molecular flexibility index (Phi) is 5.30. The molecule has 1 saturated heterocycles. The Morgan fingerprint density at radius 1 is 1.40 bits per heavy atom. The van der Waals surface area contributed by atoms with E-state index in [9.17, 15) is 0 Å². The highest BCUT2D eigenvalue weighted by Gasteiger charge is 2.19. The van der Waals surface area contributed by atoms with Gasteiger partial charge in [0, 0.05) is 25.7 Å². The maximum atomic E-state index is 5.61.